The van der Waals surface area contributed by atoms with Gasteiger partial charge in [0.25, 0.3) is 0 Å². The topological polar surface area (TPSA) is 70.4 Å². The van der Waals surface area contributed by atoms with E-state index in [2.05, 4.69) is 0 Å². The van der Waals surface area contributed by atoms with Gasteiger partial charge in [0.2, 0.25) is 11.8 Å². The molecule has 3 rings (SSSR count). The maximum atomic E-state index is 12.4. The van der Waals surface area contributed by atoms with Crippen LogP contribution in [0.2, 0.25) is 0 Å². The van der Waals surface area contributed by atoms with Crippen LogP contribution in [0.4, 0.5) is 5.69 Å². The minimum atomic E-state index is -0.225. The van der Waals surface area contributed by atoms with E-state index in [1.807, 2.05) is 18.2 Å². The molecule has 0 saturated carbocycles. The summed E-state index contributed by atoms with van der Waals surface area (Å²) in [6, 6.07) is 8.55. The summed E-state index contributed by atoms with van der Waals surface area (Å²) < 4.78 is 5.16. The molecule has 1 aliphatic heterocycles. The Hall–Kier alpha value is -2.61. The van der Waals surface area contributed by atoms with Crippen LogP contribution in [0, 0.1) is 23.2 Å². The first-order chi connectivity index (χ1) is 10.2. The number of hydrogen-bond donors (Lipinski definition) is 0. The predicted molar refractivity (Wildman–Crippen MR) is 75.4 cm³/mol. The van der Waals surface area contributed by atoms with E-state index in [0.717, 1.165) is 0 Å². The zero-order chi connectivity index (χ0) is 14.8. The molecule has 0 bridgehead atoms. The summed E-state index contributed by atoms with van der Waals surface area (Å²) in [6.07, 6.45) is 5.20. The average Bonchev–Trinajstić information content (AvgIpc) is 2.78. The van der Waals surface area contributed by atoms with Gasteiger partial charge in [0.15, 0.2) is 6.61 Å². The summed E-state index contributed by atoms with van der Waals surface area (Å²) >= 11 is 0. The predicted octanol–water partition coefficient (Wildman–Crippen LogP) is 2.04. The zero-order valence-electron chi connectivity index (χ0n) is 11.4. The Morgan fingerprint density at radius 2 is 1.67 bits per heavy atom. The highest BCUT2D eigenvalue weighted by atomic mass is 16.5. The fourth-order valence-corrected chi connectivity index (χ4v) is 2.86. The highest BCUT2D eigenvalue weighted by Crippen LogP contribution is 2.37. The highest BCUT2D eigenvalue weighted by Gasteiger charge is 2.47. The summed E-state index contributed by atoms with van der Waals surface area (Å²) in [5, 5.41) is 8.46. The number of carbonyl (C=O) groups excluding carboxylic acids is 2. The van der Waals surface area contributed by atoms with Crippen LogP contribution in [0.15, 0.2) is 36.4 Å². The number of imide groups is 1. The fraction of sp³-hybridized carbons (Fsp3) is 0.312. The van der Waals surface area contributed by atoms with Crippen LogP contribution in [0.25, 0.3) is 0 Å². The Bertz CT molecular complexity index is 616. The van der Waals surface area contributed by atoms with Crippen LogP contribution in [-0.4, -0.2) is 18.4 Å². The van der Waals surface area contributed by atoms with Crippen LogP contribution in [0.5, 0.6) is 5.75 Å². The molecule has 2 amide bonds. The van der Waals surface area contributed by atoms with Gasteiger partial charge in [0, 0.05) is 0 Å². The number of benzene rings is 1. The van der Waals surface area contributed by atoms with Gasteiger partial charge in [0.05, 0.1) is 17.5 Å². The quantitative estimate of drug-likeness (QED) is 0.628. The van der Waals surface area contributed by atoms with Crippen molar-refractivity contribution < 1.29 is 14.3 Å². The van der Waals surface area contributed by atoms with Gasteiger partial charge >= 0.3 is 0 Å². The maximum Gasteiger partial charge on any atom is 0.238 e. The van der Waals surface area contributed by atoms with E-state index in [0.29, 0.717) is 24.3 Å². The molecule has 1 aliphatic carbocycles. The van der Waals surface area contributed by atoms with Crippen LogP contribution in [0.3, 0.4) is 0 Å². The molecule has 1 heterocycles. The highest BCUT2D eigenvalue weighted by molar-refractivity contribution is 6.22. The molecule has 5 nitrogen and oxygen atoms in total. The second-order valence-electron chi connectivity index (χ2n) is 5.11. The van der Waals surface area contributed by atoms with E-state index >= 15 is 0 Å². The summed E-state index contributed by atoms with van der Waals surface area (Å²) in [5.41, 5.74) is 0.559. The molecule has 21 heavy (non-hydrogen) atoms. The van der Waals surface area contributed by atoms with E-state index in [-0.39, 0.29) is 30.3 Å². The number of fused-ring (bicyclic) bond motifs is 1. The maximum absolute atomic E-state index is 12.4. The third kappa shape index (κ3) is 2.29. The number of rotatable bonds is 3. The molecular formula is C16H14N2O3. The largest absolute Gasteiger partial charge is 0.479 e. The minimum Gasteiger partial charge on any atom is -0.479 e. The summed E-state index contributed by atoms with van der Waals surface area (Å²) in [4.78, 5) is 26.1. The van der Waals surface area contributed by atoms with Gasteiger partial charge in [-0.2, -0.15) is 5.26 Å². The van der Waals surface area contributed by atoms with Gasteiger partial charge in [-0.25, -0.2) is 0 Å². The van der Waals surface area contributed by atoms with Crippen LogP contribution in [-0.2, 0) is 9.59 Å². The SMILES string of the molecule is N#CCOc1ccc(N2C(=O)[C@H]3CC=CC[C@H]3C2=O)cc1. The van der Waals surface area contributed by atoms with Gasteiger partial charge in [-0.1, -0.05) is 12.2 Å². The number of carbonyl (C=O) groups is 2. The number of anilines is 1. The normalized spacial score (nSPS) is 23.9. The molecule has 1 saturated heterocycles. The van der Waals surface area contributed by atoms with E-state index in [1.54, 1.807) is 24.3 Å². The van der Waals surface area contributed by atoms with E-state index < -0.39 is 0 Å². The van der Waals surface area contributed by atoms with Crippen molar-refractivity contribution in [3.8, 4) is 11.8 Å². The second-order valence-corrected chi connectivity index (χ2v) is 5.11. The molecule has 2 atom stereocenters. The van der Waals surface area contributed by atoms with Gasteiger partial charge in [-0.05, 0) is 37.1 Å². The first kappa shape index (κ1) is 13.4. The lowest BCUT2D eigenvalue weighted by Crippen LogP contribution is -2.30. The number of ether oxygens (including phenoxy) is 1. The molecule has 2 aliphatic rings. The molecule has 5 heteroatoms. The van der Waals surface area contributed by atoms with Crippen molar-refractivity contribution in [2.45, 2.75) is 12.8 Å². The van der Waals surface area contributed by atoms with Crippen molar-refractivity contribution in [2.75, 3.05) is 11.5 Å². The van der Waals surface area contributed by atoms with E-state index in [4.69, 9.17) is 10.00 Å². The van der Waals surface area contributed by atoms with Crippen LogP contribution >= 0.6 is 0 Å². The lowest BCUT2D eigenvalue weighted by atomic mass is 9.85. The molecule has 106 valence electrons. The van der Waals surface area contributed by atoms with Gasteiger partial charge in [-0.15, -0.1) is 0 Å². The van der Waals surface area contributed by atoms with Crippen molar-refractivity contribution in [1.29, 1.82) is 5.26 Å². The van der Waals surface area contributed by atoms with E-state index in [1.165, 1.54) is 4.90 Å². The average molecular weight is 282 g/mol. The molecule has 0 N–H and O–H groups in total. The number of hydrogen-bond acceptors (Lipinski definition) is 4. The van der Waals surface area contributed by atoms with Crippen molar-refractivity contribution in [2.24, 2.45) is 11.8 Å². The standard InChI is InChI=1S/C16H14N2O3/c17-9-10-21-12-7-5-11(6-8-12)18-15(19)13-3-1-2-4-14(13)16(18)20/h1-2,5-8,13-14H,3-4,10H2/t13-,14+. The van der Waals surface area contributed by atoms with Crippen LogP contribution in [0.1, 0.15) is 12.8 Å². The Morgan fingerprint density at radius 3 is 2.19 bits per heavy atom. The Kier molecular flexibility index (Phi) is 3.44. The second kappa shape index (κ2) is 5.41. The Balaban J connectivity index is 1.82. The molecule has 1 aromatic carbocycles. The number of nitrogens with zero attached hydrogens (tertiary/aromatic N) is 2. The van der Waals surface area contributed by atoms with Gasteiger partial charge in [0.1, 0.15) is 11.8 Å². The molecule has 1 fully saturated rings. The molecule has 0 aromatic heterocycles. The minimum absolute atomic E-state index is 0.0310. The fourth-order valence-electron chi connectivity index (χ4n) is 2.86. The number of allylic oxidation sites excluding steroid dienone is 2. The van der Waals surface area contributed by atoms with Gasteiger partial charge in [-0.3, -0.25) is 14.5 Å². The Morgan fingerprint density at radius 1 is 1.10 bits per heavy atom. The molecule has 0 unspecified atom stereocenters. The lowest BCUT2D eigenvalue weighted by Gasteiger charge is -2.15. The molecule has 0 spiro atoms. The van der Waals surface area contributed by atoms with Gasteiger partial charge < -0.3 is 4.74 Å². The third-order valence-corrected chi connectivity index (χ3v) is 3.91. The van der Waals surface area contributed by atoms with Crippen LogP contribution < -0.4 is 9.64 Å². The van der Waals surface area contributed by atoms with E-state index in [9.17, 15) is 9.59 Å². The van der Waals surface area contributed by atoms with Crippen molar-refractivity contribution >= 4 is 17.5 Å². The molecule has 1 aromatic rings. The van der Waals surface area contributed by atoms with Crippen molar-refractivity contribution in [1.82, 2.24) is 0 Å². The summed E-state index contributed by atoms with van der Waals surface area (Å²) in [7, 11) is 0. The smallest absolute Gasteiger partial charge is 0.238 e. The molecular weight excluding hydrogens is 268 g/mol. The summed E-state index contributed by atoms with van der Waals surface area (Å²) in [6.45, 7) is -0.0310. The van der Waals surface area contributed by atoms with Crippen molar-refractivity contribution in [3.05, 3.63) is 36.4 Å². The molecule has 0 radical (unpaired) electrons. The first-order valence-corrected chi connectivity index (χ1v) is 6.85. The third-order valence-electron chi connectivity index (χ3n) is 3.91. The Labute approximate surface area is 122 Å². The zero-order valence-corrected chi connectivity index (χ0v) is 11.4. The number of amides is 2. The summed E-state index contributed by atoms with van der Waals surface area (Å²) in [5.74, 6) is -0.160. The monoisotopic (exact) mass is 282 g/mol. The van der Waals surface area contributed by atoms with Crippen molar-refractivity contribution in [3.63, 3.8) is 0 Å². The number of nitriles is 1. The lowest BCUT2D eigenvalue weighted by molar-refractivity contribution is -0.122. The first-order valence-electron chi connectivity index (χ1n) is 6.85.